The third-order valence-electron chi connectivity index (χ3n) is 4.12. The summed E-state index contributed by atoms with van der Waals surface area (Å²) >= 11 is 0. The van der Waals surface area contributed by atoms with Crippen molar-refractivity contribution in [2.45, 2.75) is 83.3 Å². The van der Waals surface area contributed by atoms with Gasteiger partial charge in [0.25, 0.3) is 0 Å². The number of carbonyl (C=O) groups excluding carboxylic acids is 1. The van der Waals surface area contributed by atoms with Crippen LogP contribution < -0.4 is 0 Å². The van der Waals surface area contributed by atoms with Gasteiger partial charge in [0.05, 0.1) is 0 Å². The zero-order valence-electron chi connectivity index (χ0n) is 16.5. The van der Waals surface area contributed by atoms with E-state index in [1.807, 2.05) is 31.2 Å². The van der Waals surface area contributed by atoms with Crippen LogP contribution >= 0.6 is 0 Å². The monoisotopic (exact) mass is 377 g/mol. The molecule has 0 saturated carbocycles. The fourth-order valence-corrected chi connectivity index (χ4v) is 2.51. The van der Waals surface area contributed by atoms with Crippen molar-refractivity contribution in [3.63, 3.8) is 0 Å². The molecule has 5 heteroatoms. The number of nitrogens with zero attached hydrogens (tertiary/aromatic N) is 1. The minimum Gasteiger partial charge on any atom is -0.386 e. The lowest BCUT2D eigenvalue weighted by molar-refractivity contribution is -0.533. The van der Waals surface area contributed by atoms with E-state index in [4.69, 9.17) is 0 Å². The summed E-state index contributed by atoms with van der Waals surface area (Å²) in [5.41, 5.74) is 0. The Morgan fingerprint density at radius 2 is 1.52 bits per heavy atom. The SMILES string of the molecule is CC/C=C\CC(C(O)C/C=C\C=C/CC/C=C\CCCCCC=O)[N+](=O)[O-]. The van der Waals surface area contributed by atoms with Crippen molar-refractivity contribution in [1.82, 2.24) is 0 Å². The van der Waals surface area contributed by atoms with Crippen LogP contribution in [0.5, 0.6) is 0 Å². The van der Waals surface area contributed by atoms with Crippen LogP contribution in [-0.2, 0) is 4.79 Å². The second-order valence-corrected chi connectivity index (χ2v) is 6.48. The third kappa shape index (κ3) is 15.9. The van der Waals surface area contributed by atoms with Crippen molar-refractivity contribution in [2.24, 2.45) is 0 Å². The fraction of sp³-hybridized carbons (Fsp3) is 0.591. The first-order valence-electron chi connectivity index (χ1n) is 10.00. The molecule has 0 aromatic carbocycles. The summed E-state index contributed by atoms with van der Waals surface area (Å²) in [6.07, 6.45) is 23.8. The van der Waals surface area contributed by atoms with E-state index in [1.165, 1.54) is 0 Å². The summed E-state index contributed by atoms with van der Waals surface area (Å²) in [7, 11) is 0. The number of nitro groups is 1. The molecule has 0 saturated heterocycles. The molecule has 0 aromatic rings. The number of unbranched alkanes of at least 4 members (excludes halogenated alkanes) is 5. The lowest BCUT2D eigenvalue weighted by atomic mass is 10.0. The number of aldehydes is 1. The Hall–Kier alpha value is -2.01. The normalized spacial score (nSPS) is 14.6. The maximum atomic E-state index is 11.0. The Morgan fingerprint density at radius 3 is 2.22 bits per heavy atom. The summed E-state index contributed by atoms with van der Waals surface area (Å²) in [4.78, 5) is 20.8. The lowest BCUT2D eigenvalue weighted by Crippen LogP contribution is -2.32. The molecule has 0 rings (SSSR count). The highest BCUT2D eigenvalue weighted by Crippen LogP contribution is 2.10. The number of rotatable bonds is 17. The fourth-order valence-electron chi connectivity index (χ4n) is 2.51. The first-order chi connectivity index (χ1) is 13.1. The van der Waals surface area contributed by atoms with Gasteiger partial charge in [-0.3, -0.25) is 10.1 Å². The van der Waals surface area contributed by atoms with Gasteiger partial charge >= 0.3 is 0 Å². The second kappa shape index (κ2) is 18.8. The molecule has 0 aliphatic carbocycles. The summed E-state index contributed by atoms with van der Waals surface area (Å²) in [5.74, 6) is 0. The minimum absolute atomic E-state index is 0.259. The van der Waals surface area contributed by atoms with Crippen molar-refractivity contribution in [3.05, 3.63) is 58.7 Å². The number of allylic oxidation sites excluding steroid dienone is 6. The summed E-state index contributed by atoms with van der Waals surface area (Å²) in [5, 5.41) is 21.0. The molecule has 27 heavy (non-hydrogen) atoms. The lowest BCUT2D eigenvalue weighted by Gasteiger charge is -2.12. The molecule has 1 N–H and O–H groups in total. The maximum absolute atomic E-state index is 11.0. The molecule has 2 atom stereocenters. The van der Waals surface area contributed by atoms with Crippen LogP contribution in [-0.4, -0.2) is 28.5 Å². The average Bonchev–Trinajstić information content (AvgIpc) is 2.65. The Kier molecular flexibility index (Phi) is 17.4. The molecule has 152 valence electrons. The Balaban J connectivity index is 3.88. The molecule has 0 fully saturated rings. The third-order valence-corrected chi connectivity index (χ3v) is 4.12. The van der Waals surface area contributed by atoms with Gasteiger partial charge in [-0.2, -0.15) is 0 Å². The van der Waals surface area contributed by atoms with Gasteiger partial charge in [0.1, 0.15) is 12.4 Å². The number of hydrogen-bond donors (Lipinski definition) is 1. The molecule has 0 aliphatic rings. The Bertz CT molecular complexity index is 495. The van der Waals surface area contributed by atoms with Crippen molar-refractivity contribution in [3.8, 4) is 0 Å². The van der Waals surface area contributed by atoms with Gasteiger partial charge in [0.15, 0.2) is 0 Å². The van der Waals surface area contributed by atoms with Gasteiger partial charge in [-0.15, -0.1) is 0 Å². The van der Waals surface area contributed by atoms with E-state index in [9.17, 15) is 20.0 Å². The van der Waals surface area contributed by atoms with E-state index in [1.54, 1.807) is 12.2 Å². The van der Waals surface area contributed by atoms with Crippen molar-refractivity contribution in [2.75, 3.05) is 0 Å². The minimum atomic E-state index is -0.972. The van der Waals surface area contributed by atoms with Gasteiger partial charge in [-0.1, -0.05) is 62.0 Å². The van der Waals surface area contributed by atoms with E-state index in [0.29, 0.717) is 6.42 Å². The van der Waals surface area contributed by atoms with Gasteiger partial charge < -0.3 is 9.90 Å². The van der Waals surface area contributed by atoms with Gasteiger partial charge in [-0.05, 0) is 44.9 Å². The summed E-state index contributed by atoms with van der Waals surface area (Å²) in [6, 6.07) is -0.954. The number of hydrogen-bond acceptors (Lipinski definition) is 4. The highest BCUT2D eigenvalue weighted by Gasteiger charge is 2.27. The van der Waals surface area contributed by atoms with Crippen molar-refractivity contribution < 1.29 is 14.8 Å². The van der Waals surface area contributed by atoms with Crippen molar-refractivity contribution in [1.29, 1.82) is 0 Å². The smallest absolute Gasteiger partial charge is 0.242 e. The zero-order valence-corrected chi connectivity index (χ0v) is 16.5. The predicted octanol–water partition coefficient (Wildman–Crippen LogP) is 5.34. The quantitative estimate of drug-likeness (QED) is 0.0926. The molecule has 0 aliphatic heterocycles. The molecular weight excluding hydrogens is 342 g/mol. The van der Waals surface area contributed by atoms with E-state index in [2.05, 4.69) is 12.2 Å². The molecular formula is C22H35NO4. The van der Waals surface area contributed by atoms with Crippen LogP contribution in [0.25, 0.3) is 0 Å². The predicted molar refractivity (Wildman–Crippen MR) is 111 cm³/mol. The molecule has 0 spiro atoms. The Morgan fingerprint density at radius 1 is 0.852 bits per heavy atom. The molecule has 5 nitrogen and oxygen atoms in total. The van der Waals surface area contributed by atoms with Crippen LogP contribution in [0.15, 0.2) is 48.6 Å². The van der Waals surface area contributed by atoms with Gasteiger partial charge in [0.2, 0.25) is 6.04 Å². The topological polar surface area (TPSA) is 80.4 Å². The number of aliphatic hydroxyl groups is 1. The highest BCUT2D eigenvalue weighted by molar-refractivity contribution is 5.48. The highest BCUT2D eigenvalue weighted by atomic mass is 16.6. The van der Waals surface area contributed by atoms with E-state index >= 15 is 0 Å². The molecule has 2 unspecified atom stereocenters. The first kappa shape index (κ1) is 25.0. The van der Waals surface area contributed by atoms with E-state index in [-0.39, 0.29) is 12.8 Å². The zero-order chi connectivity index (χ0) is 20.2. The van der Waals surface area contributed by atoms with Crippen LogP contribution in [0.3, 0.4) is 0 Å². The molecule has 0 heterocycles. The van der Waals surface area contributed by atoms with Crippen molar-refractivity contribution >= 4 is 6.29 Å². The van der Waals surface area contributed by atoms with E-state index in [0.717, 1.165) is 51.2 Å². The van der Waals surface area contributed by atoms with Crippen LogP contribution in [0, 0.1) is 10.1 Å². The van der Waals surface area contributed by atoms with Gasteiger partial charge in [-0.25, -0.2) is 0 Å². The standard InChI is InChI=1S/C22H35NO4/c1-2-3-15-18-21(23(26)27)22(25)19-16-13-11-9-7-5-4-6-8-10-12-14-17-20-24/h3-4,6,9,11,13,15-16,20-22,25H,2,5,7-8,10,12,14,17-19H2,1H3/b6-4-,11-9-,15-3-,16-13-. The molecule has 0 amide bonds. The van der Waals surface area contributed by atoms with Crippen LogP contribution in [0.4, 0.5) is 0 Å². The molecule has 0 aromatic heterocycles. The average molecular weight is 378 g/mol. The maximum Gasteiger partial charge on any atom is 0.242 e. The first-order valence-corrected chi connectivity index (χ1v) is 10.00. The largest absolute Gasteiger partial charge is 0.386 e. The van der Waals surface area contributed by atoms with Crippen LogP contribution in [0.1, 0.15) is 71.1 Å². The molecule has 0 radical (unpaired) electrons. The number of aliphatic hydroxyl groups excluding tert-OH is 1. The second-order valence-electron chi connectivity index (χ2n) is 6.48. The molecule has 0 bridgehead atoms. The van der Waals surface area contributed by atoms with Gasteiger partial charge in [0, 0.05) is 17.8 Å². The van der Waals surface area contributed by atoms with Crippen LogP contribution in [0.2, 0.25) is 0 Å². The Labute approximate surface area is 163 Å². The summed E-state index contributed by atoms with van der Waals surface area (Å²) < 4.78 is 0. The summed E-state index contributed by atoms with van der Waals surface area (Å²) in [6.45, 7) is 1.97. The van der Waals surface area contributed by atoms with E-state index < -0.39 is 17.1 Å². The number of carbonyl (C=O) groups is 1.